The average molecular weight is 331 g/mol. The third kappa shape index (κ3) is 2.49. The molecule has 1 atom stereocenters. The van der Waals surface area contributed by atoms with E-state index in [0.29, 0.717) is 5.75 Å². The van der Waals surface area contributed by atoms with E-state index in [4.69, 9.17) is 0 Å². The summed E-state index contributed by atoms with van der Waals surface area (Å²) in [6.07, 6.45) is 4.69. The van der Waals surface area contributed by atoms with Crippen LogP contribution in [-0.2, 0) is 18.3 Å². The SMILES string of the molecule is Oc1ccc(CC2(CBr)CCCc3ccccc32)cc1. The molecule has 20 heavy (non-hydrogen) atoms. The van der Waals surface area contributed by atoms with Gasteiger partial charge in [0.05, 0.1) is 0 Å². The van der Waals surface area contributed by atoms with Gasteiger partial charge in [-0.25, -0.2) is 0 Å². The molecule has 1 N–H and O–H groups in total. The van der Waals surface area contributed by atoms with E-state index in [-0.39, 0.29) is 5.41 Å². The maximum Gasteiger partial charge on any atom is 0.115 e. The molecule has 0 amide bonds. The Labute approximate surface area is 128 Å². The zero-order chi connectivity index (χ0) is 14.0. The Morgan fingerprint density at radius 3 is 2.55 bits per heavy atom. The van der Waals surface area contributed by atoms with Crippen molar-refractivity contribution in [2.24, 2.45) is 0 Å². The number of halogens is 1. The van der Waals surface area contributed by atoms with Gasteiger partial charge in [0.25, 0.3) is 0 Å². The van der Waals surface area contributed by atoms with Gasteiger partial charge in [0.2, 0.25) is 0 Å². The molecule has 0 bridgehead atoms. The van der Waals surface area contributed by atoms with Gasteiger partial charge < -0.3 is 5.11 Å². The van der Waals surface area contributed by atoms with Gasteiger partial charge in [-0.15, -0.1) is 0 Å². The van der Waals surface area contributed by atoms with Gasteiger partial charge in [-0.3, -0.25) is 0 Å². The molecule has 2 aromatic carbocycles. The van der Waals surface area contributed by atoms with E-state index in [2.05, 4.69) is 40.2 Å². The summed E-state index contributed by atoms with van der Waals surface area (Å²) in [6.45, 7) is 0. The van der Waals surface area contributed by atoms with Crippen LogP contribution in [0.2, 0.25) is 0 Å². The fourth-order valence-corrected chi connectivity index (χ4v) is 4.16. The van der Waals surface area contributed by atoms with Crippen molar-refractivity contribution in [1.29, 1.82) is 0 Å². The second-order valence-corrected chi connectivity index (χ2v) is 6.33. The number of rotatable bonds is 3. The first-order valence-electron chi connectivity index (χ1n) is 7.16. The Morgan fingerprint density at radius 2 is 1.80 bits per heavy atom. The normalized spacial score (nSPS) is 21.4. The summed E-state index contributed by atoms with van der Waals surface area (Å²) < 4.78 is 0. The minimum Gasteiger partial charge on any atom is -0.508 e. The first-order valence-corrected chi connectivity index (χ1v) is 8.28. The van der Waals surface area contributed by atoms with Crippen LogP contribution in [0.4, 0.5) is 0 Å². The molecule has 0 aliphatic heterocycles. The number of phenols is 1. The van der Waals surface area contributed by atoms with E-state index in [0.717, 1.165) is 11.8 Å². The van der Waals surface area contributed by atoms with Crippen LogP contribution < -0.4 is 0 Å². The van der Waals surface area contributed by atoms with Gasteiger partial charge >= 0.3 is 0 Å². The molecule has 2 aromatic rings. The number of fused-ring (bicyclic) bond motifs is 1. The molecule has 104 valence electrons. The smallest absolute Gasteiger partial charge is 0.115 e. The Balaban J connectivity index is 1.98. The predicted octanol–water partition coefficient (Wildman–Crippen LogP) is 4.60. The van der Waals surface area contributed by atoms with Crippen molar-refractivity contribution in [3.63, 3.8) is 0 Å². The van der Waals surface area contributed by atoms with Crippen molar-refractivity contribution in [3.8, 4) is 5.75 Å². The second-order valence-electron chi connectivity index (χ2n) is 5.77. The summed E-state index contributed by atoms with van der Waals surface area (Å²) in [5.41, 5.74) is 4.47. The Hall–Kier alpha value is -1.28. The van der Waals surface area contributed by atoms with E-state index >= 15 is 0 Å². The van der Waals surface area contributed by atoms with Gasteiger partial charge in [-0.05, 0) is 54.5 Å². The largest absolute Gasteiger partial charge is 0.508 e. The molecule has 3 rings (SSSR count). The number of hydrogen-bond acceptors (Lipinski definition) is 1. The second kappa shape index (κ2) is 5.61. The van der Waals surface area contributed by atoms with E-state index in [1.165, 1.54) is 36.0 Å². The zero-order valence-electron chi connectivity index (χ0n) is 11.5. The van der Waals surface area contributed by atoms with Crippen molar-refractivity contribution < 1.29 is 5.11 Å². The van der Waals surface area contributed by atoms with Crippen LogP contribution in [0.5, 0.6) is 5.75 Å². The molecule has 0 fully saturated rings. The maximum absolute atomic E-state index is 9.43. The molecule has 0 saturated carbocycles. The summed E-state index contributed by atoms with van der Waals surface area (Å²) in [6, 6.07) is 16.5. The molecule has 0 aromatic heterocycles. The monoisotopic (exact) mass is 330 g/mol. The fraction of sp³-hybridized carbons (Fsp3) is 0.333. The first kappa shape index (κ1) is 13.7. The number of phenolic OH excluding ortho intramolecular Hbond substituents is 1. The Bertz CT molecular complexity index is 591. The van der Waals surface area contributed by atoms with E-state index in [1.54, 1.807) is 12.1 Å². The lowest BCUT2D eigenvalue weighted by Crippen LogP contribution is -2.35. The van der Waals surface area contributed by atoms with Gasteiger partial charge in [0, 0.05) is 10.7 Å². The van der Waals surface area contributed by atoms with Crippen LogP contribution in [-0.4, -0.2) is 10.4 Å². The highest BCUT2D eigenvalue weighted by Crippen LogP contribution is 2.41. The molecular formula is C18H19BrO. The lowest BCUT2D eigenvalue weighted by atomic mass is 9.68. The number of hydrogen-bond donors (Lipinski definition) is 1. The lowest BCUT2D eigenvalue weighted by molar-refractivity contribution is 0.401. The van der Waals surface area contributed by atoms with E-state index in [1.807, 2.05) is 12.1 Å². The van der Waals surface area contributed by atoms with Crippen LogP contribution >= 0.6 is 15.9 Å². The van der Waals surface area contributed by atoms with Gasteiger partial charge in [-0.1, -0.05) is 52.3 Å². The standard InChI is InChI=1S/C18H19BrO/c19-13-18(12-14-7-9-16(20)10-8-14)11-3-5-15-4-1-2-6-17(15)18/h1-2,4,6-10,20H,3,5,11-13H2. The van der Waals surface area contributed by atoms with Crippen LogP contribution in [0.25, 0.3) is 0 Å². The molecular weight excluding hydrogens is 312 g/mol. The first-order chi connectivity index (χ1) is 9.73. The average Bonchev–Trinajstić information content (AvgIpc) is 2.50. The highest BCUT2D eigenvalue weighted by Gasteiger charge is 2.35. The minimum atomic E-state index is 0.186. The fourth-order valence-electron chi connectivity index (χ4n) is 3.38. The van der Waals surface area contributed by atoms with E-state index in [9.17, 15) is 5.11 Å². The van der Waals surface area contributed by atoms with Crippen molar-refractivity contribution in [1.82, 2.24) is 0 Å². The third-order valence-electron chi connectivity index (χ3n) is 4.42. The lowest BCUT2D eigenvalue weighted by Gasteiger charge is -2.38. The van der Waals surface area contributed by atoms with Crippen molar-refractivity contribution in [2.45, 2.75) is 31.1 Å². The molecule has 1 aliphatic rings. The van der Waals surface area contributed by atoms with Gasteiger partial charge in [-0.2, -0.15) is 0 Å². The Morgan fingerprint density at radius 1 is 1.05 bits per heavy atom. The summed E-state index contributed by atoms with van der Waals surface area (Å²) in [5.74, 6) is 0.339. The number of aryl methyl sites for hydroxylation is 1. The molecule has 1 unspecified atom stereocenters. The highest BCUT2D eigenvalue weighted by molar-refractivity contribution is 9.09. The maximum atomic E-state index is 9.43. The van der Waals surface area contributed by atoms with Gasteiger partial charge in [0.15, 0.2) is 0 Å². The number of aromatic hydroxyl groups is 1. The van der Waals surface area contributed by atoms with Gasteiger partial charge in [0.1, 0.15) is 5.75 Å². The molecule has 1 nitrogen and oxygen atoms in total. The molecule has 0 heterocycles. The summed E-state index contributed by atoms with van der Waals surface area (Å²) in [5, 5.41) is 10.4. The minimum absolute atomic E-state index is 0.186. The summed E-state index contributed by atoms with van der Waals surface area (Å²) in [7, 11) is 0. The highest BCUT2D eigenvalue weighted by atomic mass is 79.9. The summed E-state index contributed by atoms with van der Waals surface area (Å²) >= 11 is 3.76. The third-order valence-corrected chi connectivity index (χ3v) is 5.50. The predicted molar refractivity (Wildman–Crippen MR) is 86.7 cm³/mol. The van der Waals surface area contributed by atoms with Crippen LogP contribution in [0.15, 0.2) is 48.5 Å². The molecule has 0 saturated heterocycles. The van der Waals surface area contributed by atoms with Crippen LogP contribution in [0, 0.1) is 0 Å². The van der Waals surface area contributed by atoms with Crippen molar-refractivity contribution in [2.75, 3.05) is 5.33 Å². The molecule has 1 aliphatic carbocycles. The van der Waals surface area contributed by atoms with Crippen LogP contribution in [0.1, 0.15) is 29.5 Å². The quantitative estimate of drug-likeness (QED) is 0.815. The topological polar surface area (TPSA) is 20.2 Å². The zero-order valence-corrected chi connectivity index (χ0v) is 13.1. The number of alkyl halides is 1. The molecule has 2 heteroatoms. The molecule has 0 spiro atoms. The Kier molecular flexibility index (Phi) is 3.84. The number of benzene rings is 2. The van der Waals surface area contributed by atoms with Crippen LogP contribution in [0.3, 0.4) is 0 Å². The van der Waals surface area contributed by atoms with Crippen molar-refractivity contribution in [3.05, 3.63) is 65.2 Å². The van der Waals surface area contributed by atoms with E-state index < -0.39 is 0 Å². The van der Waals surface area contributed by atoms with Crippen molar-refractivity contribution >= 4 is 15.9 Å². The molecule has 0 radical (unpaired) electrons. The summed E-state index contributed by atoms with van der Waals surface area (Å²) in [4.78, 5) is 0.